The van der Waals surface area contributed by atoms with Crippen molar-refractivity contribution < 1.29 is 9.47 Å². The van der Waals surface area contributed by atoms with Crippen LogP contribution in [0.5, 0.6) is 11.5 Å². The Morgan fingerprint density at radius 1 is 1.04 bits per heavy atom. The first-order valence-electron chi connectivity index (χ1n) is 9.58. The fourth-order valence-corrected chi connectivity index (χ4v) is 3.87. The number of hydrazone groups is 1. The summed E-state index contributed by atoms with van der Waals surface area (Å²) in [5, 5.41) is 7.06. The summed E-state index contributed by atoms with van der Waals surface area (Å²) in [5.74, 6) is 1.81. The molecule has 3 heterocycles. The Bertz CT molecular complexity index is 1000. The number of ether oxygens (including phenoxy) is 2. The van der Waals surface area contributed by atoms with E-state index in [4.69, 9.17) is 14.6 Å². The van der Waals surface area contributed by atoms with Gasteiger partial charge in [-0.05, 0) is 55.0 Å². The highest BCUT2D eigenvalue weighted by atomic mass is 16.5. The van der Waals surface area contributed by atoms with Gasteiger partial charge in [-0.15, -0.1) is 0 Å². The molecule has 2 aliphatic heterocycles. The first kappa shape index (κ1) is 16.8. The first-order chi connectivity index (χ1) is 13.8. The third-order valence-electron chi connectivity index (χ3n) is 5.19. The van der Waals surface area contributed by atoms with E-state index in [-0.39, 0.29) is 12.3 Å². The number of benzene rings is 2. The van der Waals surface area contributed by atoms with Crippen LogP contribution < -0.4 is 9.47 Å². The summed E-state index contributed by atoms with van der Waals surface area (Å²) in [6.45, 7) is 2.65. The lowest BCUT2D eigenvalue weighted by Crippen LogP contribution is -2.33. The quantitative estimate of drug-likeness (QED) is 0.666. The van der Waals surface area contributed by atoms with Crippen molar-refractivity contribution in [3.05, 3.63) is 89.7 Å². The Kier molecular flexibility index (Phi) is 4.20. The molecule has 2 aliphatic rings. The summed E-state index contributed by atoms with van der Waals surface area (Å²) in [6, 6.07) is 20.5. The highest BCUT2D eigenvalue weighted by Gasteiger charge is 2.40. The molecule has 5 nitrogen and oxygen atoms in total. The van der Waals surface area contributed by atoms with Crippen molar-refractivity contribution in [2.45, 2.75) is 25.6 Å². The molecule has 3 aromatic rings. The van der Waals surface area contributed by atoms with Crippen LogP contribution in [0.3, 0.4) is 0 Å². The van der Waals surface area contributed by atoms with Crippen molar-refractivity contribution in [3.63, 3.8) is 0 Å². The van der Waals surface area contributed by atoms with E-state index >= 15 is 0 Å². The maximum absolute atomic E-state index is 6.34. The second-order valence-electron chi connectivity index (χ2n) is 6.89. The third kappa shape index (κ3) is 2.89. The minimum atomic E-state index is -0.261. The third-order valence-corrected chi connectivity index (χ3v) is 5.19. The number of nitrogens with zero attached hydrogens (tertiary/aromatic N) is 3. The monoisotopic (exact) mass is 371 g/mol. The maximum atomic E-state index is 6.34. The topological polar surface area (TPSA) is 47.0 Å². The highest BCUT2D eigenvalue weighted by molar-refractivity contribution is 6.02. The van der Waals surface area contributed by atoms with Crippen LogP contribution in [0.15, 0.2) is 78.2 Å². The second-order valence-corrected chi connectivity index (χ2v) is 6.89. The average Bonchev–Trinajstić information content (AvgIpc) is 3.20. The number of rotatable bonds is 4. The van der Waals surface area contributed by atoms with E-state index in [0.29, 0.717) is 6.61 Å². The van der Waals surface area contributed by atoms with Gasteiger partial charge in [-0.1, -0.05) is 18.2 Å². The molecule has 2 aromatic carbocycles. The molecule has 0 radical (unpaired) electrons. The number of hydrogen-bond acceptors (Lipinski definition) is 5. The van der Waals surface area contributed by atoms with Gasteiger partial charge in [0.2, 0.25) is 6.23 Å². The van der Waals surface area contributed by atoms with Crippen LogP contribution in [0.2, 0.25) is 0 Å². The maximum Gasteiger partial charge on any atom is 0.213 e. The van der Waals surface area contributed by atoms with Crippen LogP contribution in [0.1, 0.15) is 42.3 Å². The van der Waals surface area contributed by atoms with Crippen molar-refractivity contribution in [2.24, 2.45) is 5.10 Å². The molecular formula is C23H21N3O2. The van der Waals surface area contributed by atoms with Gasteiger partial charge in [-0.25, -0.2) is 5.01 Å². The van der Waals surface area contributed by atoms with E-state index in [9.17, 15) is 0 Å². The number of fused-ring (bicyclic) bond motifs is 3. The lowest BCUT2D eigenvalue weighted by Gasteiger charge is -2.38. The van der Waals surface area contributed by atoms with E-state index in [1.165, 1.54) is 5.56 Å². The number of aromatic nitrogens is 1. The standard InChI is InChI=1S/C23H21N3O2/c1-2-27-18-9-7-16(8-10-18)20-15-21-19-5-3-4-6-22(19)28-23(26(21)25-20)17-11-13-24-14-12-17/h3-14,21,23H,2,15H2,1H3/t21-,23+/m0/s1. The molecule has 0 N–H and O–H groups in total. The molecule has 2 atom stereocenters. The van der Waals surface area contributed by atoms with Crippen LogP contribution >= 0.6 is 0 Å². The Morgan fingerprint density at radius 2 is 1.82 bits per heavy atom. The van der Waals surface area contributed by atoms with Gasteiger partial charge < -0.3 is 9.47 Å². The minimum absolute atomic E-state index is 0.157. The molecule has 5 heteroatoms. The van der Waals surface area contributed by atoms with Gasteiger partial charge in [0.1, 0.15) is 11.5 Å². The summed E-state index contributed by atoms with van der Waals surface area (Å²) >= 11 is 0. The summed E-state index contributed by atoms with van der Waals surface area (Å²) < 4.78 is 11.9. The number of para-hydroxylation sites is 1. The number of hydrogen-bond donors (Lipinski definition) is 0. The molecule has 5 rings (SSSR count). The van der Waals surface area contributed by atoms with E-state index in [2.05, 4.69) is 34.3 Å². The molecule has 0 saturated heterocycles. The zero-order valence-corrected chi connectivity index (χ0v) is 15.7. The smallest absolute Gasteiger partial charge is 0.213 e. The van der Waals surface area contributed by atoms with Gasteiger partial charge in [0, 0.05) is 29.9 Å². The normalized spacial score (nSPS) is 20.0. The van der Waals surface area contributed by atoms with Crippen LogP contribution in [0.4, 0.5) is 0 Å². The second kappa shape index (κ2) is 7.00. The highest BCUT2D eigenvalue weighted by Crippen LogP contribution is 2.47. The van der Waals surface area contributed by atoms with Crippen LogP contribution in [0, 0.1) is 0 Å². The molecule has 28 heavy (non-hydrogen) atoms. The van der Waals surface area contributed by atoms with Gasteiger partial charge in [0.25, 0.3) is 0 Å². The first-order valence-corrected chi connectivity index (χ1v) is 9.58. The summed E-state index contributed by atoms with van der Waals surface area (Å²) in [6.07, 6.45) is 4.17. The summed E-state index contributed by atoms with van der Waals surface area (Å²) in [5.41, 5.74) is 4.40. The van der Waals surface area contributed by atoms with Crippen molar-refractivity contribution in [3.8, 4) is 11.5 Å². The van der Waals surface area contributed by atoms with E-state index in [0.717, 1.165) is 34.8 Å². The van der Waals surface area contributed by atoms with Gasteiger partial charge in [0.05, 0.1) is 18.4 Å². The van der Waals surface area contributed by atoms with Crippen molar-refractivity contribution in [1.29, 1.82) is 0 Å². The Morgan fingerprint density at radius 3 is 2.61 bits per heavy atom. The fraction of sp³-hybridized carbons (Fsp3) is 0.217. The van der Waals surface area contributed by atoms with Gasteiger partial charge in [-0.2, -0.15) is 5.10 Å². The lowest BCUT2D eigenvalue weighted by molar-refractivity contribution is -0.0190. The predicted molar refractivity (Wildman–Crippen MR) is 107 cm³/mol. The predicted octanol–water partition coefficient (Wildman–Crippen LogP) is 4.72. The summed E-state index contributed by atoms with van der Waals surface area (Å²) in [7, 11) is 0. The molecule has 1 aromatic heterocycles. The molecular weight excluding hydrogens is 350 g/mol. The lowest BCUT2D eigenvalue weighted by atomic mass is 9.96. The molecule has 0 aliphatic carbocycles. The average molecular weight is 371 g/mol. The Balaban J connectivity index is 1.53. The van der Waals surface area contributed by atoms with Gasteiger partial charge in [0.15, 0.2) is 0 Å². The van der Waals surface area contributed by atoms with Crippen molar-refractivity contribution in [1.82, 2.24) is 9.99 Å². The molecule has 0 fully saturated rings. The zero-order chi connectivity index (χ0) is 18.9. The molecule has 140 valence electrons. The molecule has 0 saturated carbocycles. The van der Waals surface area contributed by atoms with Crippen molar-refractivity contribution >= 4 is 5.71 Å². The van der Waals surface area contributed by atoms with Crippen LogP contribution in [0.25, 0.3) is 0 Å². The minimum Gasteiger partial charge on any atom is -0.494 e. The van der Waals surface area contributed by atoms with E-state index in [1.54, 1.807) is 12.4 Å². The fourth-order valence-electron chi connectivity index (χ4n) is 3.87. The van der Waals surface area contributed by atoms with Gasteiger partial charge >= 0.3 is 0 Å². The van der Waals surface area contributed by atoms with E-state index < -0.39 is 0 Å². The number of pyridine rings is 1. The van der Waals surface area contributed by atoms with Crippen LogP contribution in [-0.4, -0.2) is 22.3 Å². The van der Waals surface area contributed by atoms with E-state index in [1.807, 2.05) is 43.3 Å². The zero-order valence-electron chi connectivity index (χ0n) is 15.7. The van der Waals surface area contributed by atoms with Crippen LogP contribution in [-0.2, 0) is 0 Å². The molecule has 0 unspecified atom stereocenters. The van der Waals surface area contributed by atoms with Gasteiger partial charge in [-0.3, -0.25) is 4.98 Å². The molecule has 0 spiro atoms. The Hall–Kier alpha value is -3.34. The van der Waals surface area contributed by atoms with Crippen molar-refractivity contribution in [2.75, 3.05) is 6.61 Å². The molecule has 0 amide bonds. The largest absolute Gasteiger partial charge is 0.494 e. The Labute approximate surface area is 164 Å². The molecule has 0 bridgehead atoms. The SMILES string of the molecule is CCOc1ccc(C2=NN3[C@@H](c4ccncc4)Oc4ccccc4[C@@H]3C2)cc1. The summed E-state index contributed by atoms with van der Waals surface area (Å²) in [4.78, 5) is 4.13.